The monoisotopic (exact) mass is 315 g/mol. The molecule has 1 aromatic carbocycles. The van der Waals surface area contributed by atoms with E-state index in [1.807, 2.05) is 32.0 Å². The number of hydrogen-bond acceptors (Lipinski definition) is 4. The van der Waals surface area contributed by atoms with Crippen LogP contribution in [0.3, 0.4) is 0 Å². The van der Waals surface area contributed by atoms with Crippen LogP contribution in [0.2, 0.25) is 0 Å². The smallest absolute Gasteiger partial charge is 0.274 e. The number of likely N-dealkylation sites (N-methyl/N-ethyl adjacent to an activating group) is 1. The minimum atomic E-state index is -0.409. The number of nitrogens with one attached hydrogen (secondary N) is 1. The molecule has 0 saturated carbocycles. The molecule has 1 N–H and O–H groups in total. The van der Waals surface area contributed by atoms with Gasteiger partial charge in [-0.3, -0.25) is 9.59 Å². The third-order valence-corrected chi connectivity index (χ3v) is 3.46. The molecular formula is C16H21N5O2. The number of carbonyl (C=O) groups is 2. The van der Waals surface area contributed by atoms with E-state index in [1.54, 1.807) is 21.0 Å². The van der Waals surface area contributed by atoms with E-state index in [0.717, 1.165) is 16.8 Å². The van der Waals surface area contributed by atoms with Gasteiger partial charge in [-0.05, 0) is 32.4 Å². The number of aromatic nitrogens is 3. The molecule has 2 amide bonds. The van der Waals surface area contributed by atoms with Crippen LogP contribution in [0.1, 0.15) is 27.3 Å². The molecule has 0 bridgehead atoms. The van der Waals surface area contributed by atoms with Crippen LogP contribution in [0.5, 0.6) is 0 Å². The van der Waals surface area contributed by atoms with Crippen molar-refractivity contribution in [1.29, 1.82) is 0 Å². The molecule has 0 unspecified atom stereocenters. The van der Waals surface area contributed by atoms with E-state index in [0.29, 0.717) is 5.69 Å². The van der Waals surface area contributed by atoms with Crippen LogP contribution in [-0.4, -0.2) is 52.3 Å². The summed E-state index contributed by atoms with van der Waals surface area (Å²) in [7, 11) is 3.27. The second-order valence-corrected chi connectivity index (χ2v) is 5.68. The molecule has 1 heterocycles. The maximum Gasteiger partial charge on any atom is 0.274 e. The van der Waals surface area contributed by atoms with Crippen LogP contribution in [0.4, 0.5) is 0 Å². The first-order valence-electron chi connectivity index (χ1n) is 7.29. The topological polar surface area (TPSA) is 80.1 Å². The number of benzene rings is 1. The summed E-state index contributed by atoms with van der Waals surface area (Å²) in [5, 5.41) is 11.1. The van der Waals surface area contributed by atoms with Crippen molar-refractivity contribution in [3.63, 3.8) is 0 Å². The van der Waals surface area contributed by atoms with Gasteiger partial charge >= 0.3 is 0 Å². The van der Waals surface area contributed by atoms with Gasteiger partial charge in [-0.15, -0.1) is 5.10 Å². The molecule has 2 aromatic rings. The van der Waals surface area contributed by atoms with Crippen LogP contribution < -0.4 is 5.32 Å². The standard InChI is InChI=1S/C16H21N5O2/c1-10-6-7-13(11(2)8-10)21-18-12(3)15(19-21)16(23)17-9-14(22)20(4)5/h6-8H,9H2,1-5H3,(H,17,23). The third kappa shape index (κ3) is 3.74. The maximum atomic E-state index is 12.2. The summed E-state index contributed by atoms with van der Waals surface area (Å²) in [6.07, 6.45) is 0. The van der Waals surface area contributed by atoms with Crippen LogP contribution >= 0.6 is 0 Å². The lowest BCUT2D eigenvalue weighted by Crippen LogP contribution is -2.36. The summed E-state index contributed by atoms with van der Waals surface area (Å²) >= 11 is 0. The van der Waals surface area contributed by atoms with Crippen molar-refractivity contribution >= 4 is 11.8 Å². The molecular weight excluding hydrogens is 294 g/mol. The first kappa shape index (κ1) is 16.7. The van der Waals surface area contributed by atoms with Gasteiger partial charge in [0.05, 0.1) is 17.9 Å². The van der Waals surface area contributed by atoms with Crippen molar-refractivity contribution < 1.29 is 9.59 Å². The molecule has 0 fully saturated rings. The van der Waals surface area contributed by atoms with Gasteiger partial charge < -0.3 is 10.2 Å². The molecule has 2 rings (SSSR count). The first-order valence-corrected chi connectivity index (χ1v) is 7.29. The summed E-state index contributed by atoms with van der Waals surface area (Å²) in [6.45, 7) is 5.63. The van der Waals surface area contributed by atoms with Crippen molar-refractivity contribution in [1.82, 2.24) is 25.2 Å². The summed E-state index contributed by atoms with van der Waals surface area (Å²) in [5.74, 6) is -0.591. The Kier molecular flexibility index (Phi) is 4.78. The van der Waals surface area contributed by atoms with Crippen molar-refractivity contribution in [2.75, 3.05) is 20.6 Å². The molecule has 0 radical (unpaired) electrons. The van der Waals surface area contributed by atoms with Crippen LogP contribution in [0.25, 0.3) is 5.69 Å². The Labute approximate surface area is 135 Å². The van der Waals surface area contributed by atoms with Crippen LogP contribution in [0, 0.1) is 20.8 Å². The molecule has 0 spiro atoms. The lowest BCUT2D eigenvalue weighted by molar-refractivity contribution is -0.127. The van der Waals surface area contributed by atoms with E-state index in [2.05, 4.69) is 15.5 Å². The van der Waals surface area contributed by atoms with Crippen LogP contribution in [0.15, 0.2) is 18.2 Å². The predicted molar refractivity (Wildman–Crippen MR) is 86.6 cm³/mol. The van der Waals surface area contributed by atoms with Crippen molar-refractivity contribution in [2.24, 2.45) is 0 Å². The zero-order chi connectivity index (χ0) is 17.1. The van der Waals surface area contributed by atoms with Crippen molar-refractivity contribution in [3.8, 4) is 5.69 Å². The van der Waals surface area contributed by atoms with E-state index < -0.39 is 5.91 Å². The zero-order valence-corrected chi connectivity index (χ0v) is 14.0. The molecule has 0 saturated heterocycles. The molecule has 122 valence electrons. The highest BCUT2D eigenvalue weighted by Crippen LogP contribution is 2.15. The van der Waals surface area contributed by atoms with Crippen LogP contribution in [-0.2, 0) is 4.79 Å². The Balaban J connectivity index is 2.21. The fraction of sp³-hybridized carbons (Fsp3) is 0.375. The average Bonchev–Trinajstić information content (AvgIpc) is 2.86. The predicted octanol–water partition coefficient (Wildman–Crippen LogP) is 1.01. The third-order valence-electron chi connectivity index (χ3n) is 3.46. The number of hydrogen-bond donors (Lipinski definition) is 1. The molecule has 0 aliphatic rings. The Bertz CT molecular complexity index is 749. The molecule has 23 heavy (non-hydrogen) atoms. The van der Waals surface area contributed by atoms with E-state index in [9.17, 15) is 9.59 Å². The highest BCUT2D eigenvalue weighted by Gasteiger charge is 2.18. The van der Waals surface area contributed by atoms with Crippen molar-refractivity contribution in [3.05, 3.63) is 40.7 Å². The number of aryl methyl sites for hydroxylation is 3. The van der Waals surface area contributed by atoms with E-state index in [-0.39, 0.29) is 18.1 Å². The maximum absolute atomic E-state index is 12.2. The van der Waals surface area contributed by atoms with E-state index in [4.69, 9.17) is 0 Å². The minimum Gasteiger partial charge on any atom is -0.347 e. The second-order valence-electron chi connectivity index (χ2n) is 5.68. The molecule has 1 aromatic heterocycles. The highest BCUT2D eigenvalue weighted by atomic mass is 16.2. The normalized spacial score (nSPS) is 10.5. The van der Waals surface area contributed by atoms with E-state index >= 15 is 0 Å². The molecule has 0 aliphatic carbocycles. The Morgan fingerprint density at radius 2 is 1.87 bits per heavy atom. The number of rotatable bonds is 4. The number of amides is 2. The van der Waals surface area contributed by atoms with Gasteiger partial charge in [0.15, 0.2) is 5.69 Å². The number of nitrogens with zero attached hydrogens (tertiary/aromatic N) is 4. The molecule has 7 nitrogen and oxygen atoms in total. The van der Waals surface area contributed by atoms with Gasteiger partial charge in [-0.1, -0.05) is 17.7 Å². The first-order chi connectivity index (χ1) is 10.8. The Hall–Kier alpha value is -2.70. The van der Waals surface area contributed by atoms with Crippen molar-refractivity contribution in [2.45, 2.75) is 20.8 Å². The quantitative estimate of drug-likeness (QED) is 0.913. The fourth-order valence-electron chi connectivity index (χ4n) is 2.12. The Morgan fingerprint density at radius 3 is 2.48 bits per heavy atom. The summed E-state index contributed by atoms with van der Waals surface area (Å²) in [4.78, 5) is 26.6. The second kappa shape index (κ2) is 6.60. The van der Waals surface area contributed by atoms with Gasteiger partial charge in [0, 0.05) is 14.1 Å². The lowest BCUT2D eigenvalue weighted by Gasteiger charge is -2.10. The van der Waals surface area contributed by atoms with Gasteiger partial charge in [-0.25, -0.2) is 0 Å². The largest absolute Gasteiger partial charge is 0.347 e. The summed E-state index contributed by atoms with van der Waals surface area (Å²) in [6, 6.07) is 5.92. The van der Waals surface area contributed by atoms with Gasteiger partial charge in [-0.2, -0.15) is 9.90 Å². The highest BCUT2D eigenvalue weighted by molar-refractivity contribution is 5.95. The Morgan fingerprint density at radius 1 is 1.17 bits per heavy atom. The molecule has 0 aliphatic heterocycles. The minimum absolute atomic E-state index is 0.0678. The number of carbonyl (C=O) groups excluding carboxylic acids is 2. The van der Waals surface area contributed by atoms with Gasteiger partial charge in [0.2, 0.25) is 5.91 Å². The summed E-state index contributed by atoms with van der Waals surface area (Å²) < 4.78 is 0. The van der Waals surface area contributed by atoms with Gasteiger partial charge in [0.25, 0.3) is 5.91 Å². The SMILES string of the molecule is Cc1ccc(-n2nc(C)c(C(=O)NCC(=O)N(C)C)n2)c(C)c1. The molecule has 0 atom stereocenters. The zero-order valence-electron chi connectivity index (χ0n) is 14.0. The fourth-order valence-corrected chi connectivity index (χ4v) is 2.12. The average molecular weight is 315 g/mol. The van der Waals surface area contributed by atoms with E-state index in [1.165, 1.54) is 9.70 Å². The van der Waals surface area contributed by atoms with Gasteiger partial charge in [0.1, 0.15) is 0 Å². The molecule has 7 heteroatoms. The lowest BCUT2D eigenvalue weighted by atomic mass is 10.1. The summed E-state index contributed by atoms with van der Waals surface area (Å²) in [5.41, 5.74) is 3.73.